The van der Waals surface area contributed by atoms with Crippen LogP contribution in [0.3, 0.4) is 0 Å². The SMILES string of the molecule is COc1ccc(Cn2cc(-c3nc(N4CCCC4)nc(C)c3C)cn2)cc1. The van der Waals surface area contributed by atoms with Gasteiger partial charge in [0.1, 0.15) is 5.75 Å². The average Bonchev–Trinajstić information content (AvgIpc) is 3.37. The average molecular weight is 363 g/mol. The van der Waals surface area contributed by atoms with E-state index in [9.17, 15) is 0 Å². The van der Waals surface area contributed by atoms with E-state index in [-0.39, 0.29) is 0 Å². The van der Waals surface area contributed by atoms with E-state index < -0.39 is 0 Å². The van der Waals surface area contributed by atoms with Crippen LogP contribution in [0.2, 0.25) is 0 Å². The van der Waals surface area contributed by atoms with Crippen molar-refractivity contribution in [1.29, 1.82) is 0 Å². The number of anilines is 1. The zero-order valence-corrected chi connectivity index (χ0v) is 16.1. The Bertz CT molecular complexity index is 926. The van der Waals surface area contributed by atoms with Crippen molar-refractivity contribution in [2.45, 2.75) is 33.2 Å². The summed E-state index contributed by atoms with van der Waals surface area (Å²) in [4.78, 5) is 11.9. The number of aryl methyl sites for hydroxylation is 1. The van der Waals surface area contributed by atoms with Crippen LogP contribution in [-0.4, -0.2) is 39.9 Å². The third kappa shape index (κ3) is 3.65. The number of hydrogen-bond donors (Lipinski definition) is 0. The molecule has 6 nitrogen and oxygen atoms in total. The van der Waals surface area contributed by atoms with Crippen molar-refractivity contribution in [3.8, 4) is 17.0 Å². The molecule has 4 rings (SSSR count). The molecular formula is C21H25N5O. The third-order valence-electron chi connectivity index (χ3n) is 5.18. The van der Waals surface area contributed by atoms with Crippen LogP contribution in [0.4, 0.5) is 5.95 Å². The molecule has 2 aromatic heterocycles. The van der Waals surface area contributed by atoms with Gasteiger partial charge in [0, 0.05) is 30.5 Å². The van der Waals surface area contributed by atoms with Gasteiger partial charge >= 0.3 is 0 Å². The van der Waals surface area contributed by atoms with Gasteiger partial charge in [-0.2, -0.15) is 5.10 Å². The molecule has 0 atom stereocenters. The van der Waals surface area contributed by atoms with Crippen LogP contribution in [0, 0.1) is 13.8 Å². The molecule has 140 valence electrons. The molecule has 1 aromatic carbocycles. The maximum atomic E-state index is 5.22. The van der Waals surface area contributed by atoms with E-state index in [1.54, 1.807) is 7.11 Å². The van der Waals surface area contributed by atoms with Crippen LogP contribution in [0.1, 0.15) is 29.7 Å². The predicted molar refractivity (Wildman–Crippen MR) is 106 cm³/mol. The fourth-order valence-corrected chi connectivity index (χ4v) is 3.44. The van der Waals surface area contributed by atoms with E-state index in [0.29, 0.717) is 6.54 Å². The molecule has 1 aliphatic rings. The molecule has 0 radical (unpaired) electrons. The lowest BCUT2D eigenvalue weighted by molar-refractivity contribution is 0.414. The molecule has 0 N–H and O–H groups in total. The minimum Gasteiger partial charge on any atom is -0.497 e. The van der Waals surface area contributed by atoms with Crippen molar-refractivity contribution < 1.29 is 4.74 Å². The zero-order valence-electron chi connectivity index (χ0n) is 16.1. The van der Waals surface area contributed by atoms with Crippen LogP contribution in [-0.2, 0) is 6.54 Å². The Balaban J connectivity index is 1.60. The Morgan fingerprint density at radius 3 is 2.48 bits per heavy atom. The van der Waals surface area contributed by atoms with Crippen molar-refractivity contribution in [2.24, 2.45) is 0 Å². The molecule has 0 spiro atoms. The van der Waals surface area contributed by atoms with E-state index >= 15 is 0 Å². The van der Waals surface area contributed by atoms with E-state index in [1.165, 1.54) is 18.4 Å². The summed E-state index contributed by atoms with van der Waals surface area (Å²) in [7, 11) is 1.68. The number of ether oxygens (including phenoxy) is 1. The molecule has 1 aliphatic heterocycles. The van der Waals surface area contributed by atoms with Crippen molar-refractivity contribution in [3.05, 3.63) is 53.5 Å². The van der Waals surface area contributed by atoms with Gasteiger partial charge in [0.05, 0.1) is 25.5 Å². The number of aromatic nitrogens is 4. The molecule has 1 fully saturated rings. The van der Waals surface area contributed by atoms with E-state index in [0.717, 1.165) is 47.3 Å². The molecule has 0 unspecified atom stereocenters. The first kappa shape index (κ1) is 17.5. The van der Waals surface area contributed by atoms with Gasteiger partial charge in [-0.15, -0.1) is 0 Å². The Kier molecular flexibility index (Phi) is 4.79. The Morgan fingerprint density at radius 2 is 1.78 bits per heavy atom. The van der Waals surface area contributed by atoms with Crippen molar-refractivity contribution in [3.63, 3.8) is 0 Å². The number of methoxy groups -OCH3 is 1. The highest BCUT2D eigenvalue weighted by Crippen LogP contribution is 2.26. The second-order valence-electron chi connectivity index (χ2n) is 7.05. The highest BCUT2D eigenvalue weighted by atomic mass is 16.5. The Morgan fingerprint density at radius 1 is 1.04 bits per heavy atom. The van der Waals surface area contributed by atoms with Crippen LogP contribution in [0.5, 0.6) is 5.75 Å². The van der Waals surface area contributed by atoms with Gasteiger partial charge in [0.25, 0.3) is 0 Å². The molecule has 1 saturated heterocycles. The molecular weight excluding hydrogens is 338 g/mol. The minimum absolute atomic E-state index is 0.714. The molecule has 0 bridgehead atoms. The first-order valence-electron chi connectivity index (χ1n) is 9.40. The molecule has 0 saturated carbocycles. The van der Waals surface area contributed by atoms with Crippen LogP contribution >= 0.6 is 0 Å². The lowest BCUT2D eigenvalue weighted by atomic mass is 10.1. The number of rotatable bonds is 5. The maximum Gasteiger partial charge on any atom is 0.226 e. The third-order valence-corrected chi connectivity index (χ3v) is 5.18. The number of benzene rings is 1. The highest BCUT2D eigenvalue weighted by molar-refractivity contribution is 5.63. The van der Waals surface area contributed by atoms with Crippen molar-refractivity contribution in [1.82, 2.24) is 19.7 Å². The van der Waals surface area contributed by atoms with E-state index in [2.05, 4.69) is 42.2 Å². The summed E-state index contributed by atoms with van der Waals surface area (Å²) in [5.41, 5.74) is 5.34. The fourth-order valence-electron chi connectivity index (χ4n) is 3.44. The molecule has 3 aromatic rings. The van der Waals surface area contributed by atoms with Crippen LogP contribution in [0.25, 0.3) is 11.3 Å². The second kappa shape index (κ2) is 7.39. The summed E-state index contributed by atoms with van der Waals surface area (Å²) < 4.78 is 7.17. The summed E-state index contributed by atoms with van der Waals surface area (Å²) in [6.07, 6.45) is 6.38. The Hall–Kier alpha value is -2.89. The smallest absolute Gasteiger partial charge is 0.226 e. The molecule has 6 heteroatoms. The lowest BCUT2D eigenvalue weighted by Crippen LogP contribution is -2.21. The topological polar surface area (TPSA) is 56.1 Å². The van der Waals surface area contributed by atoms with E-state index in [4.69, 9.17) is 14.7 Å². The van der Waals surface area contributed by atoms with Crippen LogP contribution < -0.4 is 9.64 Å². The van der Waals surface area contributed by atoms with Gasteiger partial charge in [-0.1, -0.05) is 12.1 Å². The molecule has 27 heavy (non-hydrogen) atoms. The quantitative estimate of drug-likeness (QED) is 0.693. The standard InChI is InChI=1S/C21H25N5O/c1-15-16(2)23-21(25-10-4-5-11-25)24-20(15)18-12-22-26(14-18)13-17-6-8-19(27-3)9-7-17/h6-9,12,14H,4-5,10-11,13H2,1-3H3. The highest BCUT2D eigenvalue weighted by Gasteiger charge is 2.19. The van der Waals surface area contributed by atoms with Crippen molar-refractivity contribution >= 4 is 5.95 Å². The van der Waals surface area contributed by atoms with Gasteiger partial charge in [-0.25, -0.2) is 9.97 Å². The van der Waals surface area contributed by atoms with Gasteiger partial charge in [-0.3, -0.25) is 4.68 Å². The normalized spacial score (nSPS) is 14.0. The monoisotopic (exact) mass is 363 g/mol. The van der Waals surface area contributed by atoms with Gasteiger partial charge in [0.15, 0.2) is 0 Å². The summed E-state index contributed by atoms with van der Waals surface area (Å²) in [5.74, 6) is 1.70. The summed E-state index contributed by atoms with van der Waals surface area (Å²) in [5, 5.41) is 4.54. The maximum absolute atomic E-state index is 5.22. The van der Waals surface area contributed by atoms with E-state index in [1.807, 2.05) is 23.0 Å². The molecule has 0 amide bonds. The molecule has 0 aliphatic carbocycles. The van der Waals surface area contributed by atoms with Gasteiger partial charge in [0.2, 0.25) is 5.95 Å². The first-order valence-corrected chi connectivity index (χ1v) is 9.40. The lowest BCUT2D eigenvalue weighted by Gasteiger charge is -2.17. The van der Waals surface area contributed by atoms with Crippen molar-refractivity contribution in [2.75, 3.05) is 25.1 Å². The summed E-state index contributed by atoms with van der Waals surface area (Å²) in [6.45, 7) is 6.94. The second-order valence-corrected chi connectivity index (χ2v) is 7.05. The van der Waals surface area contributed by atoms with Crippen LogP contribution in [0.15, 0.2) is 36.7 Å². The number of nitrogens with zero attached hydrogens (tertiary/aromatic N) is 5. The summed E-state index contributed by atoms with van der Waals surface area (Å²) >= 11 is 0. The first-order chi connectivity index (χ1) is 13.1. The number of hydrogen-bond acceptors (Lipinski definition) is 5. The predicted octanol–water partition coefficient (Wildman–Crippen LogP) is 3.61. The van der Waals surface area contributed by atoms with Gasteiger partial charge in [-0.05, 0) is 49.9 Å². The largest absolute Gasteiger partial charge is 0.497 e. The summed E-state index contributed by atoms with van der Waals surface area (Å²) in [6, 6.07) is 8.07. The minimum atomic E-state index is 0.714. The van der Waals surface area contributed by atoms with Gasteiger partial charge < -0.3 is 9.64 Å². The fraction of sp³-hybridized carbons (Fsp3) is 0.381. The molecule has 3 heterocycles. The Labute approximate surface area is 159 Å². The zero-order chi connectivity index (χ0) is 18.8.